The molecule has 0 aliphatic carbocycles. The summed E-state index contributed by atoms with van der Waals surface area (Å²) < 4.78 is 0. The van der Waals surface area contributed by atoms with Gasteiger partial charge in [-0.15, -0.1) is 11.8 Å². The number of aryl methyl sites for hydroxylation is 2. The van der Waals surface area contributed by atoms with E-state index in [2.05, 4.69) is 31.3 Å². The van der Waals surface area contributed by atoms with Gasteiger partial charge in [-0.25, -0.2) is 0 Å². The minimum Gasteiger partial charge on any atom is -0.326 e. The molecule has 0 bridgehead atoms. The minimum absolute atomic E-state index is 0.0560. The third-order valence-electron chi connectivity index (χ3n) is 5.30. The fourth-order valence-electron chi connectivity index (χ4n) is 3.58. The van der Waals surface area contributed by atoms with Crippen molar-refractivity contribution in [3.05, 3.63) is 95.1 Å². The van der Waals surface area contributed by atoms with E-state index in [0.717, 1.165) is 28.1 Å². The molecule has 1 heterocycles. The molecule has 3 aromatic carbocycles. The molecule has 0 spiro atoms. The van der Waals surface area contributed by atoms with Gasteiger partial charge < -0.3 is 5.32 Å². The van der Waals surface area contributed by atoms with Crippen molar-refractivity contribution < 1.29 is 9.59 Å². The summed E-state index contributed by atoms with van der Waals surface area (Å²) in [5, 5.41) is 2.88. The summed E-state index contributed by atoms with van der Waals surface area (Å²) in [6, 6.07) is 23.6. The molecule has 2 amide bonds. The number of hydrogen-bond acceptors (Lipinski definition) is 3. The lowest BCUT2D eigenvalue weighted by Crippen LogP contribution is -2.28. The molecule has 0 saturated carbocycles. The van der Waals surface area contributed by atoms with Gasteiger partial charge in [-0.3, -0.25) is 14.5 Å². The number of benzene rings is 3. The predicted octanol–water partition coefficient (Wildman–Crippen LogP) is 5.26. The Balaban J connectivity index is 1.54. The number of carbonyl (C=O) groups excluding carboxylic acids is 2. The number of nitrogens with zero attached hydrogens (tertiary/aromatic N) is 1. The maximum Gasteiger partial charge on any atom is 0.238 e. The summed E-state index contributed by atoms with van der Waals surface area (Å²) in [5.41, 5.74) is 6.01. The lowest BCUT2D eigenvalue weighted by molar-refractivity contribution is -0.116. The van der Waals surface area contributed by atoms with Crippen LogP contribution in [0.4, 0.5) is 11.4 Å². The zero-order valence-electron chi connectivity index (χ0n) is 17.1. The van der Waals surface area contributed by atoms with E-state index in [-0.39, 0.29) is 17.2 Å². The molecule has 3 aromatic rings. The average molecular weight is 417 g/mol. The Hall–Kier alpha value is -3.05. The molecule has 0 unspecified atom stereocenters. The summed E-state index contributed by atoms with van der Waals surface area (Å²) in [6.07, 6.45) is 0.330. The summed E-state index contributed by atoms with van der Waals surface area (Å²) >= 11 is 1.61. The third-order valence-corrected chi connectivity index (χ3v) is 6.51. The highest BCUT2D eigenvalue weighted by Crippen LogP contribution is 2.42. The highest BCUT2D eigenvalue weighted by Gasteiger charge is 2.34. The molecule has 4 nitrogen and oxygen atoms in total. The number of hydrogen-bond donors (Lipinski definition) is 1. The topological polar surface area (TPSA) is 49.4 Å². The second kappa shape index (κ2) is 8.76. The number of amides is 2. The van der Waals surface area contributed by atoms with E-state index >= 15 is 0 Å². The fraction of sp³-hybridized carbons (Fsp3) is 0.200. The van der Waals surface area contributed by atoms with Crippen LogP contribution in [0.2, 0.25) is 0 Å². The van der Waals surface area contributed by atoms with Crippen LogP contribution in [-0.2, 0) is 16.0 Å². The van der Waals surface area contributed by atoms with E-state index in [4.69, 9.17) is 0 Å². The van der Waals surface area contributed by atoms with Crippen molar-refractivity contribution in [1.82, 2.24) is 0 Å². The Bertz CT molecular complexity index is 1080. The van der Waals surface area contributed by atoms with Crippen molar-refractivity contribution in [2.24, 2.45) is 0 Å². The van der Waals surface area contributed by atoms with Crippen molar-refractivity contribution >= 4 is 35.0 Å². The first-order valence-electron chi connectivity index (χ1n) is 9.96. The lowest BCUT2D eigenvalue weighted by Gasteiger charge is -2.25. The summed E-state index contributed by atoms with van der Waals surface area (Å²) in [5.74, 6) is 0.494. The largest absolute Gasteiger partial charge is 0.326 e. The number of anilines is 2. The average Bonchev–Trinajstić information content (AvgIpc) is 3.12. The first-order chi connectivity index (χ1) is 14.5. The zero-order valence-corrected chi connectivity index (χ0v) is 17.9. The Morgan fingerprint density at radius 1 is 1.00 bits per heavy atom. The molecule has 1 aliphatic rings. The van der Waals surface area contributed by atoms with Gasteiger partial charge in [0.25, 0.3) is 0 Å². The van der Waals surface area contributed by atoms with E-state index in [9.17, 15) is 9.59 Å². The van der Waals surface area contributed by atoms with Crippen LogP contribution in [0.5, 0.6) is 0 Å². The molecule has 152 valence electrons. The van der Waals surface area contributed by atoms with Gasteiger partial charge in [0.05, 0.1) is 12.2 Å². The van der Waals surface area contributed by atoms with Crippen LogP contribution >= 0.6 is 11.8 Å². The molecule has 0 radical (unpaired) electrons. The van der Waals surface area contributed by atoms with Crippen molar-refractivity contribution in [3.63, 3.8) is 0 Å². The van der Waals surface area contributed by atoms with Crippen LogP contribution in [0.25, 0.3) is 0 Å². The molecule has 1 N–H and O–H groups in total. The molecule has 0 aromatic heterocycles. The van der Waals surface area contributed by atoms with Crippen molar-refractivity contribution in [1.29, 1.82) is 0 Å². The van der Waals surface area contributed by atoms with Crippen molar-refractivity contribution in [2.75, 3.05) is 16.0 Å². The van der Waals surface area contributed by atoms with Crippen LogP contribution in [0, 0.1) is 13.8 Å². The molecule has 1 aliphatic heterocycles. The monoisotopic (exact) mass is 416 g/mol. The van der Waals surface area contributed by atoms with Crippen molar-refractivity contribution in [2.45, 2.75) is 25.6 Å². The predicted molar refractivity (Wildman–Crippen MR) is 124 cm³/mol. The van der Waals surface area contributed by atoms with Gasteiger partial charge in [-0.2, -0.15) is 0 Å². The standard InChI is InChI=1S/C25H24N2O2S/c1-17-11-12-22(13-18(17)2)27-24(29)16-30-25(27)20-9-6-10-21(15-20)26-23(28)14-19-7-4-3-5-8-19/h3-13,15,25H,14,16H2,1-2H3,(H,26,28)/t25-/m0/s1. The Morgan fingerprint density at radius 3 is 2.57 bits per heavy atom. The van der Waals surface area contributed by atoms with Gasteiger partial charge in [0.1, 0.15) is 5.37 Å². The van der Waals surface area contributed by atoms with E-state index in [1.165, 1.54) is 5.56 Å². The van der Waals surface area contributed by atoms with Crippen LogP contribution < -0.4 is 10.2 Å². The Morgan fingerprint density at radius 2 is 1.80 bits per heavy atom. The Kier molecular flexibility index (Phi) is 5.91. The summed E-state index contributed by atoms with van der Waals surface area (Å²) in [4.78, 5) is 27.0. The quantitative estimate of drug-likeness (QED) is 0.617. The zero-order chi connectivity index (χ0) is 21.1. The minimum atomic E-state index is -0.106. The molecule has 30 heavy (non-hydrogen) atoms. The van der Waals surface area contributed by atoms with Crippen molar-refractivity contribution in [3.8, 4) is 0 Å². The highest BCUT2D eigenvalue weighted by atomic mass is 32.2. The van der Waals surface area contributed by atoms with Gasteiger partial charge >= 0.3 is 0 Å². The maximum absolute atomic E-state index is 12.7. The van der Waals surface area contributed by atoms with Crippen LogP contribution in [0.15, 0.2) is 72.8 Å². The van der Waals surface area contributed by atoms with Gasteiger partial charge in [0.2, 0.25) is 11.8 Å². The van der Waals surface area contributed by atoms with Gasteiger partial charge in [-0.05, 0) is 60.4 Å². The molecular formula is C25H24N2O2S. The SMILES string of the molecule is Cc1ccc(N2C(=O)CS[C@H]2c2cccc(NC(=O)Cc3ccccc3)c2)cc1C. The number of rotatable bonds is 5. The van der Waals surface area contributed by atoms with Gasteiger partial charge in [0.15, 0.2) is 0 Å². The second-order valence-corrected chi connectivity index (χ2v) is 8.60. The van der Waals surface area contributed by atoms with Crippen LogP contribution in [0.3, 0.4) is 0 Å². The van der Waals surface area contributed by atoms with E-state index in [1.54, 1.807) is 11.8 Å². The number of carbonyl (C=O) groups is 2. The lowest BCUT2D eigenvalue weighted by atomic mass is 10.1. The first-order valence-corrected chi connectivity index (χ1v) is 11.0. The normalized spacial score (nSPS) is 16.0. The highest BCUT2D eigenvalue weighted by molar-refractivity contribution is 8.00. The van der Waals surface area contributed by atoms with Crippen LogP contribution in [0.1, 0.15) is 27.6 Å². The Labute approximate surface area is 181 Å². The van der Waals surface area contributed by atoms with Gasteiger partial charge in [0, 0.05) is 11.4 Å². The smallest absolute Gasteiger partial charge is 0.238 e. The summed E-state index contributed by atoms with van der Waals surface area (Å²) in [7, 11) is 0. The van der Waals surface area contributed by atoms with Crippen LogP contribution in [-0.4, -0.2) is 17.6 Å². The molecule has 1 fully saturated rings. The molecule has 1 saturated heterocycles. The molecule has 4 rings (SSSR count). The van der Waals surface area contributed by atoms with E-state index in [0.29, 0.717) is 12.2 Å². The maximum atomic E-state index is 12.7. The first kappa shape index (κ1) is 20.2. The molecular weight excluding hydrogens is 392 g/mol. The van der Waals surface area contributed by atoms with E-state index in [1.807, 2.05) is 65.6 Å². The molecule has 1 atom stereocenters. The third kappa shape index (κ3) is 4.41. The summed E-state index contributed by atoms with van der Waals surface area (Å²) in [6.45, 7) is 4.13. The molecule has 5 heteroatoms. The number of thioether (sulfide) groups is 1. The van der Waals surface area contributed by atoms with Gasteiger partial charge in [-0.1, -0.05) is 48.5 Å². The van der Waals surface area contributed by atoms with E-state index < -0.39 is 0 Å². The number of nitrogens with one attached hydrogen (secondary N) is 1. The second-order valence-electron chi connectivity index (χ2n) is 7.53. The fourth-order valence-corrected chi connectivity index (χ4v) is 4.75.